The summed E-state index contributed by atoms with van der Waals surface area (Å²) in [6.07, 6.45) is 4.87. The lowest BCUT2D eigenvalue weighted by molar-refractivity contribution is -0.140. The van der Waals surface area contributed by atoms with Gasteiger partial charge in [0.05, 0.1) is 31.4 Å². The average molecular weight is 466 g/mol. The van der Waals surface area contributed by atoms with E-state index in [4.69, 9.17) is 9.47 Å². The highest BCUT2D eigenvalue weighted by Gasteiger charge is 2.45. The minimum absolute atomic E-state index is 0.102. The normalized spacial score (nSPS) is 20.6. The minimum atomic E-state index is -0.669. The maximum Gasteiger partial charge on any atom is 0.295 e. The number of ketones is 1. The van der Waals surface area contributed by atoms with E-state index in [9.17, 15) is 14.7 Å². The predicted molar refractivity (Wildman–Crippen MR) is 127 cm³/mol. The molecule has 0 spiro atoms. The maximum atomic E-state index is 13.1. The van der Waals surface area contributed by atoms with Gasteiger partial charge >= 0.3 is 0 Å². The highest BCUT2D eigenvalue weighted by molar-refractivity contribution is 6.46. The number of ether oxygens (including phenoxy) is 2. The highest BCUT2D eigenvalue weighted by atomic mass is 16.5. The number of nitrogens with zero attached hydrogens (tertiary/aromatic N) is 3. The van der Waals surface area contributed by atoms with E-state index in [1.165, 1.54) is 0 Å². The third-order valence-electron chi connectivity index (χ3n) is 6.14. The number of rotatable bonds is 9. The van der Waals surface area contributed by atoms with Crippen molar-refractivity contribution in [2.24, 2.45) is 0 Å². The van der Waals surface area contributed by atoms with E-state index in [2.05, 4.69) is 9.88 Å². The largest absolute Gasteiger partial charge is 0.507 e. The van der Waals surface area contributed by atoms with Crippen molar-refractivity contribution in [2.45, 2.75) is 25.8 Å². The second-order valence-corrected chi connectivity index (χ2v) is 8.45. The molecule has 1 aromatic heterocycles. The average Bonchev–Trinajstić information content (AvgIpc) is 3.13. The van der Waals surface area contributed by atoms with E-state index in [1.807, 2.05) is 6.92 Å². The Hall–Kier alpha value is -3.23. The Morgan fingerprint density at radius 2 is 1.79 bits per heavy atom. The summed E-state index contributed by atoms with van der Waals surface area (Å²) in [4.78, 5) is 34.1. The molecule has 0 saturated carbocycles. The van der Waals surface area contributed by atoms with Crippen LogP contribution < -0.4 is 4.74 Å². The van der Waals surface area contributed by atoms with Crippen LogP contribution in [-0.2, 0) is 14.3 Å². The Bertz CT molecular complexity index is 1020. The molecule has 2 saturated heterocycles. The van der Waals surface area contributed by atoms with Crippen LogP contribution in [0.15, 0.2) is 54.4 Å². The SMILES string of the molecule is CCCOc1ccc(C(O)=C2C(=O)C(=O)N(CCCN3CCOCC3)[C@@H]2c2ccncc2)cc1. The zero-order valence-corrected chi connectivity index (χ0v) is 19.5. The van der Waals surface area contributed by atoms with Crippen molar-refractivity contribution in [2.75, 3.05) is 46.0 Å². The molecule has 1 amide bonds. The van der Waals surface area contributed by atoms with Crippen molar-refractivity contribution in [3.63, 3.8) is 0 Å². The number of aliphatic hydroxyl groups excluding tert-OH is 1. The fourth-order valence-corrected chi connectivity index (χ4v) is 4.38. The van der Waals surface area contributed by atoms with E-state index in [-0.39, 0.29) is 11.3 Å². The lowest BCUT2D eigenvalue weighted by Crippen LogP contribution is -2.38. The number of aliphatic hydroxyl groups is 1. The molecule has 1 atom stereocenters. The van der Waals surface area contributed by atoms with Crippen molar-refractivity contribution >= 4 is 17.4 Å². The van der Waals surface area contributed by atoms with Gasteiger partial charge in [-0.05, 0) is 54.8 Å². The number of likely N-dealkylation sites (tertiary alicyclic amines) is 1. The molecule has 2 aliphatic heterocycles. The molecule has 0 radical (unpaired) electrons. The van der Waals surface area contributed by atoms with Gasteiger partial charge in [-0.25, -0.2) is 0 Å². The quantitative estimate of drug-likeness (QED) is 0.346. The van der Waals surface area contributed by atoms with Crippen LogP contribution >= 0.6 is 0 Å². The second-order valence-electron chi connectivity index (χ2n) is 8.45. The number of benzene rings is 1. The van der Waals surface area contributed by atoms with Crippen LogP contribution in [0, 0.1) is 0 Å². The summed E-state index contributed by atoms with van der Waals surface area (Å²) in [6.45, 7) is 7.01. The van der Waals surface area contributed by atoms with Crippen LogP contribution in [0.5, 0.6) is 5.75 Å². The molecule has 8 heteroatoms. The molecule has 8 nitrogen and oxygen atoms in total. The molecule has 1 aromatic carbocycles. The van der Waals surface area contributed by atoms with Gasteiger partial charge in [-0.2, -0.15) is 0 Å². The monoisotopic (exact) mass is 465 g/mol. The smallest absolute Gasteiger partial charge is 0.295 e. The van der Waals surface area contributed by atoms with Gasteiger partial charge in [0.15, 0.2) is 0 Å². The summed E-state index contributed by atoms with van der Waals surface area (Å²) in [6, 6.07) is 9.81. The van der Waals surface area contributed by atoms with Crippen molar-refractivity contribution in [3.05, 3.63) is 65.5 Å². The first-order valence-electron chi connectivity index (χ1n) is 11.8. The second kappa shape index (κ2) is 11.3. The summed E-state index contributed by atoms with van der Waals surface area (Å²) in [5, 5.41) is 11.2. The van der Waals surface area contributed by atoms with Crippen LogP contribution in [-0.4, -0.2) is 77.6 Å². The number of Topliss-reactive ketones (excluding diaryl/α,β-unsaturated/α-hetero) is 1. The number of pyridine rings is 1. The van der Waals surface area contributed by atoms with Crippen molar-refractivity contribution in [1.82, 2.24) is 14.8 Å². The zero-order chi connectivity index (χ0) is 23.9. The molecule has 34 heavy (non-hydrogen) atoms. The molecule has 4 rings (SSSR count). The lowest BCUT2D eigenvalue weighted by atomic mass is 9.96. The molecule has 180 valence electrons. The molecule has 2 aliphatic rings. The van der Waals surface area contributed by atoms with Gasteiger partial charge in [-0.15, -0.1) is 0 Å². The first-order valence-corrected chi connectivity index (χ1v) is 11.8. The number of aromatic nitrogens is 1. The highest BCUT2D eigenvalue weighted by Crippen LogP contribution is 2.39. The van der Waals surface area contributed by atoms with Crippen LogP contribution in [0.3, 0.4) is 0 Å². The van der Waals surface area contributed by atoms with Gasteiger partial charge in [0.1, 0.15) is 11.5 Å². The third kappa shape index (κ3) is 5.29. The fourth-order valence-electron chi connectivity index (χ4n) is 4.38. The van der Waals surface area contributed by atoms with Crippen molar-refractivity contribution in [3.8, 4) is 5.75 Å². The Kier molecular flexibility index (Phi) is 7.92. The number of hydrogen-bond acceptors (Lipinski definition) is 7. The first-order chi connectivity index (χ1) is 16.6. The first kappa shape index (κ1) is 23.9. The van der Waals surface area contributed by atoms with Gasteiger partial charge in [0, 0.05) is 44.1 Å². The van der Waals surface area contributed by atoms with E-state index >= 15 is 0 Å². The van der Waals surface area contributed by atoms with Crippen LogP contribution in [0.4, 0.5) is 0 Å². The molecule has 2 aromatic rings. The molecular formula is C26H31N3O5. The fraction of sp³-hybridized carbons (Fsp3) is 0.423. The number of hydrogen-bond donors (Lipinski definition) is 1. The Balaban J connectivity index is 1.61. The van der Waals surface area contributed by atoms with E-state index < -0.39 is 17.7 Å². The zero-order valence-electron chi connectivity index (χ0n) is 19.5. The lowest BCUT2D eigenvalue weighted by Gasteiger charge is -2.29. The number of carbonyl (C=O) groups is 2. The summed E-state index contributed by atoms with van der Waals surface area (Å²) >= 11 is 0. The Morgan fingerprint density at radius 1 is 1.09 bits per heavy atom. The van der Waals surface area contributed by atoms with Crippen LogP contribution in [0.2, 0.25) is 0 Å². The molecule has 0 unspecified atom stereocenters. The van der Waals surface area contributed by atoms with Gasteiger partial charge < -0.3 is 19.5 Å². The number of carbonyl (C=O) groups excluding carboxylic acids is 2. The number of amides is 1. The standard InChI is InChI=1S/C26H31N3O5/c1-2-16-34-21-6-4-20(5-7-21)24(30)22-23(19-8-10-27-11-9-19)29(26(32)25(22)31)13-3-12-28-14-17-33-18-15-28/h4-11,23,30H,2-3,12-18H2,1H3/t23-/m1/s1. The molecule has 0 aliphatic carbocycles. The van der Waals surface area contributed by atoms with Gasteiger partial charge in [-0.3, -0.25) is 19.5 Å². The summed E-state index contributed by atoms with van der Waals surface area (Å²) in [5.41, 5.74) is 1.31. The Labute approximate surface area is 199 Å². The Morgan fingerprint density at radius 3 is 2.47 bits per heavy atom. The molecular weight excluding hydrogens is 434 g/mol. The van der Waals surface area contributed by atoms with Gasteiger partial charge in [0.2, 0.25) is 0 Å². The molecule has 3 heterocycles. The molecule has 1 N–H and O–H groups in total. The number of morpholine rings is 1. The van der Waals surface area contributed by atoms with E-state index in [1.54, 1.807) is 53.7 Å². The summed E-state index contributed by atoms with van der Waals surface area (Å²) in [7, 11) is 0. The van der Waals surface area contributed by atoms with Gasteiger partial charge in [-0.1, -0.05) is 6.92 Å². The predicted octanol–water partition coefficient (Wildman–Crippen LogP) is 3.01. The summed E-state index contributed by atoms with van der Waals surface area (Å²) in [5.74, 6) is -0.754. The van der Waals surface area contributed by atoms with Crippen molar-refractivity contribution in [1.29, 1.82) is 0 Å². The topological polar surface area (TPSA) is 92.2 Å². The maximum absolute atomic E-state index is 13.1. The van der Waals surface area contributed by atoms with Crippen molar-refractivity contribution < 1.29 is 24.2 Å². The molecule has 2 fully saturated rings. The van der Waals surface area contributed by atoms with E-state index in [0.717, 1.165) is 38.0 Å². The molecule has 0 bridgehead atoms. The van der Waals surface area contributed by atoms with Crippen LogP contribution in [0.1, 0.15) is 36.9 Å². The minimum Gasteiger partial charge on any atom is -0.507 e. The van der Waals surface area contributed by atoms with E-state index in [0.29, 0.717) is 37.7 Å². The third-order valence-corrected chi connectivity index (χ3v) is 6.14. The van der Waals surface area contributed by atoms with Crippen LogP contribution in [0.25, 0.3) is 5.76 Å². The van der Waals surface area contributed by atoms with Gasteiger partial charge in [0.25, 0.3) is 11.7 Å². The summed E-state index contributed by atoms with van der Waals surface area (Å²) < 4.78 is 11.0.